The molecule has 2 heterocycles. The van der Waals surface area contributed by atoms with Crippen molar-refractivity contribution in [3.8, 4) is 0 Å². The second-order valence-corrected chi connectivity index (χ2v) is 4.32. The van der Waals surface area contributed by atoms with Gasteiger partial charge in [0.2, 0.25) is 0 Å². The molecule has 0 radical (unpaired) electrons. The number of alkyl halides is 5. The molecule has 0 bridgehead atoms. The van der Waals surface area contributed by atoms with Gasteiger partial charge in [-0.15, -0.1) is 0 Å². The van der Waals surface area contributed by atoms with Gasteiger partial charge in [-0.05, 0) is 18.2 Å². The Bertz CT molecular complexity index is 722. The van der Waals surface area contributed by atoms with Crippen molar-refractivity contribution in [1.29, 1.82) is 0 Å². The quantitative estimate of drug-likeness (QED) is 0.863. The van der Waals surface area contributed by atoms with Gasteiger partial charge in [-0.3, -0.25) is 0 Å². The first kappa shape index (κ1) is 15.1. The molecule has 21 heavy (non-hydrogen) atoms. The van der Waals surface area contributed by atoms with Gasteiger partial charge in [0.05, 0.1) is 5.56 Å². The molecule has 0 aliphatic carbocycles. The lowest BCUT2D eigenvalue weighted by Gasteiger charge is -2.12. The SMILES string of the molecule is CC(F)(F)c1ccc2cc(C(=O)O)c(C(F)(F)F)nc2n1. The monoisotopic (exact) mass is 306 g/mol. The summed E-state index contributed by atoms with van der Waals surface area (Å²) >= 11 is 0. The second-order valence-electron chi connectivity index (χ2n) is 4.32. The zero-order valence-electron chi connectivity index (χ0n) is 10.4. The Hall–Kier alpha value is -2.32. The van der Waals surface area contributed by atoms with E-state index in [1.807, 2.05) is 0 Å². The summed E-state index contributed by atoms with van der Waals surface area (Å²) in [6.45, 7) is 0.539. The highest BCUT2D eigenvalue weighted by molar-refractivity contribution is 5.93. The van der Waals surface area contributed by atoms with Crippen molar-refractivity contribution < 1.29 is 31.9 Å². The summed E-state index contributed by atoms with van der Waals surface area (Å²) in [5.74, 6) is -5.17. The van der Waals surface area contributed by atoms with Gasteiger partial charge in [0, 0.05) is 12.3 Å². The number of carboxylic acids is 1. The van der Waals surface area contributed by atoms with Crippen LogP contribution in [-0.4, -0.2) is 21.0 Å². The lowest BCUT2D eigenvalue weighted by atomic mass is 10.1. The minimum absolute atomic E-state index is 0.0756. The van der Waals surface area contributed by atoms with Gasteiger partial charge in [-0.1, -0.05) is 0 Å². The summed E-state index contributed by atoms with van der Waals surface area (Å²) in [6.07, 6.45) is -5.03. The number of pyridine rings is 2. The minimum Gasteiger partial charge on any atom is -0.478 e. The molecule has 2 aromatic rings. The standard InChI is InChI=1S/C12H7F5N2O2/c1-11(13,14)7-3-2-5-4-6(10(20)21)8(12(15,16)17)19-9(5)18-7/h2-4H,1H3,(H,20,21). The van der Waals surface area contributed by atoms with Crippen LogP contribution in [0.5, 0.6) is 0 Å². The Morgan fingerprint density at radius 3 is 2.24 bits per heavy atom. The predicted octanol–water partition coefficient (Wildman–Crippen LogP) is 3.46. The third-order valence-corrected chi connectivity index (χ3v) is 2.63. The van der Waals surface area contributed by atoms with Crippen molar-refractivity contribution in [2.75, 3.05) is 0 Å². The highest BCUT2D eigenvalue weighted by atomic mass is 19.4. The number of rotatable bonds is 2. The summed E-state index contributed by atoms with van der Waals surface area (Å²) in [5.41, 5.74) is -4.08. The third kappa shape index (κ3) is 2.91. The largest absolute Gasteiger partial charge is 0.478 e. The average molecular weight is 306 g/mol. The lowest BCUT2D eigenvalue weighted by molar-refractivity contribution is -0.141. The summed E-state index contributed by atoms with van der Waals surface area (Å²) in [4.78, 5) is 17.3. The van der Waals surface area contributed by atoms with Crippen LogP contribution in [0.25, 0.3) is 11.0 Å². The van der Waals surface area contributed by atoms with Crippen LogP contribution < -0.4 is 0 Å². The summed E-state index contributed by atoms with van der Waals surface area (Å²) in [5, 5.41) is 8.72. The molecule has 0 aliphatic heterocycles. The van der Waals surface area contributed by atoms with Crippen molar-refractivity contribution in [3.05, 3.63) is 35.2 Å². The molecule has 0 unspecified atom stereocenters. The zero-order valence-corrected chi connectivity index (χ0v) is 10.4. The maximum Gasteiger partial charge on any atom is 0.434 e. The molecule has 0 saturated carbocycles. The van der Waals surface area contributed by atoms with Crippen molar-refractivity contribution >= 4 is 17.0 Å². The number of hydrogen-bond acceptors (Lipinski definition) is 3. The number of hydrogen-bond donors (Lipinski definition) is 1. The highest BCUT2D eigenvalue weighted by Gasteiger charge is 2.38. The Balaban J connectivity index is 2.77. The van der Waals surface area contributed by atoms with Crippen molar-refractivity contribution in [2.45, 2.75) is 19.0 Å². The number of halogens is 5. The van der Waals surface area contributed by atoms with E-state index in [1.165, 1.54) is 0 Å². The topological polar surface area (TPSA) is 63.1 Å². The molecule has 2 aromatic heterocycles. The number of fused-ring (bicyclic) bond motifs is 1. The first-order valence-corrected chi connectivity index (χ1v) is 5.51. The normalized spacial score (nSPS) is 12.7. The van der Waals surface area contributed by atoms with Crippen LogP contribution in [0, 0.1) is 0 Å². The van der Waals surface area contributed by atoms with Crippen molar-refractivity contribution in [3.63, 3.8) is 0 Å². The highest BCUT2D eigenvalue weighted by Crippen LogP contribution is 2.33. The Morgan fingerprint density at radius 2 is 1.76 bits per heavy atom. The molecule has 1 N–H and O–H groups in total. The van der Waals surface area contributed by atoms with E-state index in [0.717, 1.165) is 12.1 Å². The van der Waals surface area contributed by atoms with Crippen LogP contribution >= 0.6 is 0 Å². The number of nitrogens with zero attached hydrogens (tertiary/aromatic N) is 2. The van der Waals surface area contributed by atoms with E-state index in [1.54, 1.807) is 0 Å². The number of carbonyl (C=O) groups is 1. The van der Waals surface area contributed by atoms with Gasteiger partial charge < -0.3 is 5.11 Å². The molecule has 0 aromatic carbocycles. The molecule has 0 spiro atoms. The minimum atomic E-state index is -5.03. The molecule has 0 atom stereocenters. The zero-order chi connectivity index (χ0) is 16.0. The van der Waals surface area contributed by atoms with E-state index in [-0.39, 0.29) is 5.39 Å². The van der Waals surface area contributed by atoms with Gasteiger partial charge in [0.15, 0.2) is 11.3 Å². The molecule has 0 saturated heterocycles. The first-order chi connectivity index (χ1) is 9.50. The fourth-order valence-corrected chi connectivity index (χ4v) is 1.67. The van der Waals surface area contributed by atoms with Crippen LogP contribution in [0.4, 0.5) is 22.0 Å². The van der Waals surface area contributed by atoms with Gasteiger partial charge in [0.1, 0.15) is 5.69 Å². The van der Waals surface area contributed by atoms with E-state index < -0.39 is 40.7 Å². The molecule has 4 nitrogen and oxygen atoms in total. The molecular weight excluding hydrogens is 299 g/mol. The first-order valence-electron chi connectivity index (χ1n) is 5.51. The Morgan fingerprint density at radius 1 is 1.14 bits per heavy atom. The third-order valence-electron chi connectivity index (χ3n) is 2.63. The molecular formula is C12H7F5N2O2. The van der Waals surface area contributed by atoms with Crippen LogP contribution in [0.3, 0.4) is 0 Å². The van der Waals surface area contributed by atoms with Crippen LogP contribution in [0.2, 0.25) is 0 Å². The predicted molar refractivity (Wildman–Crippen MR) is 61.1 cm³/mol. The van der Waals surface area contributed by atoms with Crippen LogP contribution in [0.15, 0.2) is 18.2 Å². The van der Waals surface area contributed by atoms with E-state index in [0.29, 0.717) is 13.0 Å². The van der Waals surface area contributed by atoms with E-state index in [9.17, 15) is 26.7 Å². The summed E-state index contributed by atoms with van der Waals surface area (Å²) in [7, 11) is 0. The van der Waals surface area contributed by atoms with Crippen LogP contribution in [0.1, 0.15) is 28.7 Å². The van der Waals surface area contributed by atoms with Gasteiger partial charge in [0.25, 0.3) is 5.92 Å². The van der Waals surface area contributed by atoms with E-state index >= 15 is 0 Å². The smallest absolute Gasteiger partial charge is 0.434 e. The van der Waals surface area contributed by atoms with Gasteiger partial charge >= 0.3 is 12.1 Å². The van der Waals surface area contributed by atoms with Crippen LogP contribution in [-0.2, 0) is 12.1 Å². The number of carboxylic acid groups (broad SMARTS) is 1. The molecule has 9 heteroatoms. The number of aromatic carboxylic acids is 1. The molecule has 112 valence electrons. The van der Waals surface area contributed by atoms with Gasteiger partial charge in [-0.25, -0.2) is 14.8 Å². The van der Waals surface area contributed by atoms with E-state index in [2.05, 4.69) is 9.97 Å². The average Bonchev–Trinajstić information content (AvgIpc) is 2.34. The summed E-state index contributed by atoms with van der Waals surface area (Å²) < 4.78 is 64.5. The fraction of sp³-hybridized carbons (Fsp3) is 0.250. The summed E-state index contributed by atoms with van der Waals surface area (Å²) in [6, 6.07) is 2.66. The maximum absolute atomic E-state index is 13.1. The molecule has 2 rings (SSSR count). The Kier molecular flexibility index (Phi) is 3.31. The second kappa shape index (κ2) is 4.61. The fourth-order valence-electron chi connectivity index (χ4n) is 1.67. The van der Waals surface area contributed by atoms with Gasteiger partial charge in [-0.2, -0.15) is 22.0 Å². The van der Waals surface area contributed by atoms with Crippen molar-refractivity contribution in [2.24, 2.45) is 0 Å². The molecule has 0 aliphatic rings. The number of aromatic nitrogens is 2. The van der Waals surface area contributed by atoms with E-state index in [4.69, 9.17) is 5.11 Å². The maximum atomic E-state index is 13.1. The Labute approximate surface area is 114 Å². The molecule has 0 fully saturated rings. The van der Waals surface area contributed by atoms with Crippen molar-refractivity contribution in [1.82, 2.24) is 9.97 Å². The lowest BCUT2D eigenvalue weighted by Crippen LogP contribution is -2.16. The molecule has 0 amide bonds.